The summed E-state index contributed by atoms with van der Waals surface area (Å²) in [5, 5.41) is -4.30. The van der Waals surface area contributed by atoms with Crippen molar-refractivity contribution in [3.8, 4) is 5.75 Å². The fourth-order valence-corrected chi connectivity index (χ4v) is 1.91. The maximum atomic E-state index is 13.0. The van der Waals surface area contributed by atoms with Crippen molar-refractivity contribution in [2.24, 2.45) is 0 Å². The smallest absolute Gasteiger partial charge is 0.370 e. The van der Waals surface area contributed by atoms with E-state index in [2.05, 4.69) is 6.58 Å². The van der Waals surface area contributed by atoms with Crippen molar-refractivity contribution in [3.05, 3.63) is 42.0 Å². The summed E-state index contributed by atoms with van der Waals surface area (Å²) in [6.07, 6.45) is -1.65. The third-order valence-corrected chi connectivity index (χ3v) is 3.83. The lowest BCUT2D eigenvalue weighted by Crippen LogP contribution is -2.28. The third kappa shape index (κ3) is 6.24. The van der Waals surface area contributed by atoms with Gasteiger partial charge in [0.25, 0.3) is 0 Å². The molecule has 7 nitrogen and oxygen atoms in total. The molecule has 0 aliphatic rings. The first kappa shape index (κ1) is 20.7. The van der Waals surface area contributed by atoms with Gasteiger partial charge in [0.05, 0.1) is 12.2 Å². The third-order valence-electron chi connectivity index (χ3n) is 2.87. The Morgan fingerprint density at radius 2 is 1.80 bits per heavy atom. The van der Waals surface area contributed by atoms with Crippen LogP contribution in [0.15, 0.2) is 36.4 Å². The van der Waals surface area contributed by atoms with Crippen LogP contribution in [0.3, 0.4) is 0 Å². The highest BCUT2D eigenvalue weighted by Gasteiger charge is 2.43. The Bertz CT molecular complexity index is 755. The van der Waals surface area contributed by atoms with Crippen molar-refractivity contribution in [1.82, 2.24) is 0 Å². The van der Waals surface area contributed by atoms with E-state index < -0.39 is 46.8 Å². The molecule has 0 aliphatic carbocycles. The molecule has 0 saturated carbocycles. The van der Waals surface area contributed by atoms with E-state index >= 15 is 0 Å². The van der Waals surface area contributed by atoms with Crippen molar-refractivity contribution in [3.63, 3.8) is 0 Å². The second-order valence-corrected chi connectivity index (χ2v) is 6.59. The van der Waals surface area contributed by atoms with E-state index in [0.29, 0.717) is 0 Å². The first-order chi connectivity index (χ1) is 11.4. The highest BCUT2D eigenvalue weighted by atomic mass is 32.2. The first-order valence-electron chi connectivity index (χ1n) is 6.94. The number of hydrogen-bond acceptors (Lipinski definition) is 6. The lowest BCUT2D eigenvalue weighted by atomic mass is 10.2. The summed E-state index contributed by atoms with van der Waals surface area (Å²) in [7, 11) is -5.50. The van der Waals surface area contributed by atoms with Crippen LogP contribution in [-0.4, -0.2) is 36.8 Å². The van der Waals surface area contributed by atoms with Crippen LogP contribution in [0.2, 0.25) is 0 Å². The van der Waals surface area contributed by atoms with E-state index in [0.717, 1.165) is 0 Å². The average molecular weight is 378 g/mol. The van der Waals surface area contributed by atoms with E-state index in [1.165, 1.54) is 31.2 Å². The van der Waals surface area contributed by atoms with Crippen molar-refractivity contribution in [2.45, 2.75) is 25.0 Å². The number of ether oxygens (including phenoxy) is 2. The molecule has 1 aromatic rings. The zero-order valence-corrected chi connectivity index (χ0v) is 14.0. The van der Waals surface area contributed by atoms with Crippen molar-refractivity contribution < 1.29 is 40.8 Å². The van der Waals surface area contributed by atoms with Crippen LogP contribution in [0.5, 0.6) is 5.75 Å². The molecule has 0 bridgehead atoms. The number of rotatable bonds is 8. The molecular formula is C15H16F2O7S. The topological polar surface area (TPSA) is 107 Å². The molecule has 25 heavy (non-hydrogen) atoms. The Hall–Kier alpha value is -2.33. The number of benzene rings is 1. The molecule has 0 aromatic heterocycles. The van der Waals surface area contributed by atoms with Crippen LogP contribution in [0.25, 0.3) is 0 Å². The molecular weight excluding hydrogens is 362 g/mol. The predicted octanol–water partition coefficient (Wildman–Crippen LogP) is 2.59. The van der Waals surface area contributed by atoms with Gasteiger partial charge in [0.2, 0.25) is 0 Å². The highest BCUT2D eigenvalue weighted by molar-refractivity contribution is 7.86. The quantitative estimate of drug-likeness (QED) is 0.244. The summed E-state index contributed by atoms with van der Waals surface area (Å²) >= 11 is 0. The molecule has 0 heterocycles. The van der Waals surface area contributed by atoms with Crippen molar-refractivity contribution in [2.75, 3.05) is 6.61 Å². The second-order valence-electron chi connectivity index (χ2n) is 5.05. The van der Waals surface area contributed by atoms with Crippen LogP contribution >= 0.6 is 0 Å². The van der Waals surface area contributed by atoms with Crippen LogP contribution < -0.4 is 4.74 Å². The Morgan fingerprint density at radius 3 is 2.28 bits per heavy atom. The highest BCUT2D eigenvalue weighted by Crippen LogP contribution is 2.26. The van der Waals surface area contributed by atoms with Gasteiger partial charge in [-0.3, -0.25) is 4.55 Å². The van der Waals surface area contributed by atoms with Gasteiger partial charge >= 0.3 is 27.3 Å². The number of esters is 2. The molecule has 0 spiro atoms. The van der Waals surface area contributed by atoms with Gasteiger partial charge in [-0.05, 0) is 37.6 Å². The Morgan fingerprint density at radius 1 is 1.24 bits per heavy atom. The summed E-state index contributed by atoms with van der Waals surface area (Å²) < 4.78 is 64.7. The number of halogens is 2. The van der Waals surface area contributed by atoms with Gasteiger partial charge in [-0.2, -0.15) is 17.2 Å². The Kier molecular flexibility index (Phi) is 6.77. The molecule has 1 N–H and O–H groups in total. The van der Waals surface area contributed by atoms with Crippen LogP contribution in [0.1, 0.15) is 30.1 Å². The number of carbonyl (C=O) groups is 2. The summed E-state index contributed by atoms with van der Waals surface area (Å²) in [4.78, 5) is 23.0. The van der Waals surface area contributed by atoms with Crippen molar-refractivity contribution in [1.29, 1.82) is 0 Å². The molecule has 0 saturated heterocycles. The number of alkyl halides is 2. The van der Waals surface area contributed by atoms with Gasteiger partial charge in [-0.25, -0.2) is 9.59 Å². The number of hydrogen-bond donors (Lipinski definition) is 1. The SMILES string of the molecule is C=C(C)C(=O)Oc1ccc(C(=O)OCCCC(F)(F)S(=O)(=O)O)cc1. The molecule has 0 unspecified atom stereocenters. The van der Waals surface area contributed by atoms with E-state index in [1.54, 1.807) is 0 Å². The fraction of sp³-hybridized carbons (Fsp3) is 0.333. The van der Waals surface area contributed by atoms with Crippen LogP contribution in [0, 0.1) is 0 Å². The molecule has 0 fully saturated rings. The standard InChI is InChI=1S/C15H16F2O7S/c1-10(2)13(18)24-12-6-4-11(5-7-12)14(19)23-9-3-8-15(16,17)25(20,21)22/h4-7H,1,3,8-9H2,2H3,(H,20,21,22). The Labute approximate surface area is 143 Å². The maximum absolute atomic E-state index is 13.0. The van der Waals surface area contributed by atoms with Gasteiger partial charge in [0.15, 0.2) is 0 Å². The predicted molar refractivity (Wildman–Crippen MR) is 82.9 cm³/mol. The minimum Gasteiger partial charge on any atom is -0.462 e. The zero-order chi connectivity index (χ0) is 19.3. The molecule has 0 aliphatic heterocycles. The van der Waals surface area contributed by atoms with Gasteiger partial charge in [0, 0.05) is 12.0 Å². The molecule has 1 aromatic carbocycles. The van der Waals surface area contributed by atoms with E-state index in [1.807, 2.05) is 0 Å². The van der Waals surface area contributed by atoms with E-state index in [-0.39, 0.29) is 16.9 Å². The summed E-state index contributed by atoms with van der Waals surface area (Å²) in [6.45, 7) is 4.43. The minimum atomic E-state index is -5.50. The fourth-order valence-electron chi connectivity index (χ4n) is 1.51. The normalized spacial score (nSPS) is 11.7. The number of carbonyl (C=O) groups excluding carboxylic acids is 2. The molecule has 0 radical (unpaired) electrons. The molecule has 10 heteroatoms. The molecule has 1 rings (SSSR count). The minimum absolute atomic E-state index is 0.0802. The summed E-state index contributed by atoms with van der Waals surface area (Å²) in [5.74, 6) is -1.28. The zero-order valence-electron chi connectivity index (χ0n) is 13.2. The Balaban J connectivity index is 2.51. The van der Waals surface area contributed by atoms with Crippen molar-refractivity contribution >= 4 is 22.1 Å². The van der Waals surface area contributed by atoms with Crippen LogP contribution in [-0.2, 0) is 19.6 Å². The van der Waals surface area contributed by atoms with Gasteiger partial charge in [-0.1, -0.05) is 6.58 Å². The lowest BCUT2D eigenvalue weighted by Gasteiger charge is -2.12. The first-order valence-corrected chi connectivity index (χ1v) is 8.38. The monoisotopic (exact) mass is 378 g/mol. The van der Waals surface area contributed by atoms with E-state index in [4.69, 9.17) is 14.0 Å². The lowest BCUT2D eigenvalue weighted by molar-refractivity contribution is -0.130. The summed E-state index contributed by atoms with van der Waals surface area (Å²) in [5.41, 5.74) is 0.279. The average Bonchev–Trinajstić information content (AvgIpc) is 2.50. The van der Waals surface area contributed by atoms with Gasteiger partial charge in [-0.15, -0.1) is 0 Å². The largest absolute Gasteiger partial charge is 0.462 e. The molecule has 138 valence electrons. The second kappa shape index (κ2) is 8.17. The molecule has 0 atom stereocenters. The summed E-state index contributed by atoms with van der Waals surface area (Å²) in [6, 6.07) is 5.28. The molecule has 0 amide bonds. The maximum Gasteiger partial charge on any atom is 0.370 e. The van der Waals surface area contributed by atoms with Gasteiger partial charge < -0.3 is 9.47 Å². The van der Waals surface area contributed by atoms with Gasteiger partial charge in [0.1, 0.15) is 5.75 Å². The van der Waals surface area contributed by atoms with Crippen LogP contribution in [0.4, 0.5) is 8.78 Å². The van der Waals surface area contributed by atoms with E-state index in [9.17, 15) is 26.8 Å².